The van der Waals surface area contributed by atoms with Crippen LogP contribution in [0.2, 0.25) is 0 Å². The molecule has 0 bridgehead atoms. The van der Waals surface area contributed by atoms with Crippen LogP contribution in [0.4, 0.5) is 0 Å². The van der Waals surface area contributed by atoms with Gasteiger partial charge >= 0.3 is 0 Å². The van der Waals surface area contributed by atoms with Gasteiger partial charge in [0.05, 0.1) is 6.54 Å². The van der Waals surface area contributed by atoms with Gasteiger partial charge in [0.25, 0.3) is 0 Å². The summed E-state index contributed by atoms with van der Waals surface area (Å²) in [7, 11) is 4.11. The summed E-state index contributed by atoms with van der Waals surface area (Å²) in [5.41, 5.74) is 0. The Morgan fingerprint density at radius 1 is 1.38 bits per heavy atom. The van der Waals surface area contributed by atoms with Crippen molar-refractivity contribution in [3.05, 3.63) is 0 Å². The van der Waals surface area contributed by atoms with Gasteiger partial charge in [-0.1, -0.05) is 6.92 Å². The summed E-state index contributed by atoms with van der Waals surface area (Å²) < 4.78 is 0. The number of carbonyl (C=O) groups excluding carboxylic acids is 1. The van der Waals surface area contributed by atoms with Crippen LogP contribution >= 0.6 is 0 Å². The molecule has 0 amide bonds. The molecule has 0 radical (unpaired) electrons. The van der Waals surface area contributed by atoms with Gasteiger partial charge in [-0.2, -0.15) is 0 Å². The summed E-state index contributed by atoms with van der Waals surface area (Å²) in [6.45, 7) is 8.41. The van der Waals surface area contributed by atoms with E-state index in [9.17, 15) is 4.79 Å². The van der Waals surface area contributed by atoms with E-state index in [1.807, 2.05) is 0 Å². The Balaban J connectivity index is 3.98. The Hall–Kier alpha value is -0.410. The van der Waals surface area contributed by atoms with E-state index >= 15 is 0 Å². The highest BCUT2D eigenvalue weighted by atomic mass is 16.1. The highest BCUT2D eigenvalue weighted by Gasteiger charge is 2.13. The summed E-state index contributed by atoms with van der Waals surface area (Å²) in [6, 6.07) is 0.448. The van der Waals surface area contributed by atoms with Crippen molar-refractivity contribution in [2.24, 2.45) is 0 Å². The van der Waals surface area contributed by atoms with E-state index in [1.54, 1.807) is 6.92 Å². The van der Waals surface area contributed by atoms with E-state index in [-0.39, 0.29) is 5.78 Å². The second kappa shape index (κ2) is 6.11. The molecule has 0 aliphatic rings. The predicted molar refractivity (Wildman–Crippen MR) is 55.9 cm³/mol. The lowest BCUT2D eigenvalue weighted by molar-refractivity contribution is -0.118. The van der Waals surface area contributed by atoms with Gasteiger partial charge in [-0.15, -0.1) is 0 Å². The van der Waals surface area contributed by atoms with Crippen molar-refractivity contribution >= 4 is 5.78 Å². The molecule has 0 saturated carbocycles. The number of ketones is 1. The third-order valence-electron chi connectivity index (χ3n) is 2.08. The average molecular weight is 186 g/mol. The molecule has 0 aliphatic carbocycles. The number of likely N-dealkylation sites (N-methyl/N-ethyl adjacent to an activating group) is 2. The van der Waals surface area contributed by atoms with Crippen molar-refractivity contribution in [1.29, 1.82) is 0 Å². The molecule has 1 atom stereocenters. The topological polar surface area (TPSA) is 23.6 Å². The lowest BCUT2D eigenvalue weighted by Gasteiger charge is -2.28. The molecule has 0 heterocycles. The first-order valence-electron chi connectivity index (χ1n) is 4.85. The summed E-state index contributed by atoms with van der Waals surface area (Å²) in [5, 5.41) is 0. The van der Waals surface area contributed by atoms with Crippen LogP contribution in [0.15, 0.2) is 0 Å². The molecule has 0 aromatic carbocycles. The number of hydrogen-bond acceptors (Lipinski definition) is 3. The Kier molecular flexibility index (Phi) is 5.91. The molecule has 0 aromatic heterocycles. The Bertz CT molecular complexity index is 157. The standard InChI is InChI=1S/C10H22N2O/c1-6-12(8-10(3)13)9(2)7-11(4)5/h9H,6-8H2,1-5H3. The molecule has 3 heteroatoms. The monoisotopic (exact) mass is 186 g/mol. The summed E-state index contributed by atoms with van der Waals surface area (Å²) in [5.74, 6) is 0.243. The van der Waals surface area contributed by atoms with Crippen LogP contribution in [-0.2, 0) is 4.79 Å². The van der Waals surface area contributed by atoms with Gasteiger partial charge < -0.3 is 4.90 Å². The third-order valence-corrected chi connectivity index (χ3v) is 2.08. The molecule has 0 N–H and O–H groups in total. The van der Waals surface area contributed by atoms with Gasteiger partial charge in [0.2, 0.25) is 0 Å². The first kappa shape index (κ1) is 12.6. The van der Waals surface area contributed by atoms with Crippen LogP contribution < -0.4 is 0 Å². The van der Waals surface area contributed by atoms with Crippen LogP contribution in [-0.4, -0.2) is 55.4 Å². The second-order valence-electron chi connectivity index (χ2n) is 3.88. The molecule has 0 saturated heterocycles. The third kappa shape index (κ3) is 5.77. The van der Waals surface area contributed by atoms with Gasteiger partial charge in [-0.05, 0) is 34.5 Å². The van der Waals surface area contributed by atoms with Crippen LogP contribution in [0.5, 0.6) is 0 Å². The molecule has 0 fully saturated rings. The first-order chi connectivity index (χ1) is 5.97. The SMILES string of the molecule is CCN(CC(C)=O)C(C)CN(C)C. The average Bonchev–Trinajstić information content (AvgIpc) is 1.98. The fourth-order valence-corrected chi connectivity index (χ4v) is 1.51. The van der Waals surface area contributed by atoms with Crippen molar-refractivity contribution in [3.63, 3.8) is 0 Å². The predicted octanol–water partition coefficient (Wildman–Crippen LogP) is 0.847. The number of Topliss-reactive ketones (excluding diaryl/α,β-unsaturated/α-hetero) is 1. The normalized spacial score (nSPS) is 13.8. The molecular formula is C10H22N2O. The van der Waals surface area contributed by atoms with Crippen molar-refractivity contribution in [2.75, 3.05) is 33.7 Å². The molecule has 13 heavy (non-hydrogen) atoms. The summed E-state index contributed by atoms with van der Waals surface area (Å²) in [6.07, 6.45) is 0. The molecule has 0 rings (SSSR count). The highest BCUT2D eigenvalue weighted by molar-refractivity contribution is 5.77. The minimum atomic E-state index is 0.243. The zero-order valence-corrected chi connectivity index (χ0v) is 9.50. The lowest BCUT2D eigenvalue weighted by atomic mass is 10.2. The number of carbonyl (C=O) groups is 1. The van der Waals surface area contributed by atoms with Gasteiger partial charge in [-0.25, -0.2) is 0 Å². The van der Waals surface area contributed by atoms with E-state index in [0.29, 0.717) is 12.6 Å². The van der Waals surface area contributed by atoms with Crippen LogP contribution in [0.1, 0.15) is 20.8 Å². The fourth-order valence-electron chi connectivity index (χ4n) is 1.51. The zero-order chi connectivity index (χ0) is 10.4. The van der Waals surface area contributed by atoms with Crippen LogP contribution in [0.3, 0.4) is 0 Å². The molecule has 3 nitrogen and oxygen atoms in total. The van der Waals surface area contributed by atoms with Crippen molar-refractivity contribution in [3.8, 4) is 0 Å². The molecule has 0 aromatic rings. The first-order valence-corrected chi connectivity index (χ1v) is 4.85. The second-order valence-corrected chi connectivity index (χ2v) is 3.88. The van der Waals surface area contributed by atoms with Crippen molar-refractivity contribution in [2.45, 2.75) is 26.8 Å². The van der Waals surface area contributed by atoms with E-state index < -0.39 is 0 Å². The molecule has 0 spiro atoms. The minimum absolute atomic E-state index is 0.243. The maximum absolute atomic E-state index is 10.9. The van der Waals surface area contributed by atoms with Crippen LogP contribution in [0, 0.1) is 0 Å². The Morgan fingerprint density at radius 2 is 1.92 bits per heavy atom. The maximum Gasteiger partial charge on any atom is 0.143 e. The van der Waals surface area contributed by atoms with Gasteiger partial charge in [0.15, 0.2) is 0 Å². The van der Waals surface area contributed by atoms with E-state index in [2.05, 4.69) is 37.7 Å². The Labute approximate surface area is 81.7 Å². The van der Waals surface area contributed by atoms with Gasteiger partial charge in [-0.3, -0.25) is 9.69 Å². The number of hydrogen-bond donors (Lipinski definition) is 0. The molecule has 78 valence electrons. The highest BCUT2D eigenvalue weighted by Crippen LogP contribution is 1.99. The van der Waals surface area contributed by atoms with Crippen LogP contribution in [0.25, 0.3) is 0 Å². The molecular weight excluding hydrogens is 164 g/mol. The molecule has 0 aliphatic heterocycles. The summed E-state index contributed by atoms with van der Waals surface area (Å²) in [4.78, 5) is 15.3. The number of nitrogens with zero attached hydrogens (tertiary/aromatic N) is 2. The smallest absolute Gasteiger partial charge is 0.143 e. The zero-order valence-electron chi connectivity index (χ0n) is 9.50. The Morgan fingerprint density at radius 3 is 2.23 bits per heavy atom. The quantitative estimate of drug-likeness (QED) is 0.614. The largest absolute Gasteiger partial charge is 0.308 e. The van der Waals surface area contributed by atoms with Gasteiger partial charge in [0.1, 0.15) is 5.78 Å². The van der Waals surface area contributed by atoms with Crippen molar-refractivity contribution < 1.29 is 4.79 Å². The van der Waals surface area contributed by atoms with E-state index in [0.717, 1.165) is 13.1 Å². The van der Waals surface area contributed by atoms with Gasteiger partial charge in [0, 0.05) is 12.6 Å². The van der Waals surface area contributed by atoms with E-state index in [1.165, 1.54) is 0 Å². The number of rotatable bonds is 6. The molecule has 1 unspecified atom stereocenters. The fraction of sp³-hybridized carbons (Fsp3) is 0.900. The maximum atomic E-state index is 10.9. The minimum Gasteiger partial charge on any atom is -0.308 e. The lowest BCUT2D eigenvalue weighted by Crippen LogP contribution is -2.42. The van der Waals surface area contributed by atoms with E-state index in [4.69, 9.17) is 0 Å². The van der Waals surface area contributed by atoms with Crippen molar-refractivity contribution in [1.82, 2.24) is 9.80 Å². The summed E-state index contributed by atoms with van der Waals surface area (Å²) >= 11 is 0.